The van der Waals surface area contributed by atoms with Crippen LogP contribution in [0.1, 0.15) is 11.1 Å². The summed E-state index contributed by atoms with van der Waals surface area (Å²) in [6, 6.07) is 57.6. The number of fused-ring (bicyclic) bond motifs is 8. The summed E-state index contributed by atoms with van der Waals surface area (Å²) in [5, 5.41) is 28.9. The van der Waals surface area contributed by atoms with Crippen molar-refractivity contribution in [2.24, 2.45) is 0 Å². The summed E-state index contributed by atoms with van der Waals surface area (Å²) in [6.45, 7) is 0. The Kier molecular flexibility index (Phi) is 5.94. The summed E-state index contributed by atoms with van der Waals surface area (Å²) in [5.41, 5.74) is 8.50. The van der Waals surface area contributed by atoms with E-state index in [2.05, 4.69) is 144 Å². The second-order valence-electron chi connectivity index (χ2n) is 12.0. The van der Waals surface area contributed by atoms with Gasteiger partial charge in [0.1, 0.15) is 0 Å². The maximum absolute atomic E-state index is 9.73. The van der Waals surface area contributed by atoms with Crippen molar-refractivity contribution in [3.05, 3.63) is 163 Å². The van der Waals surface area contributed by atoms with Gasteiger partial charge in [0.2, 0.25) is 0 Å². The number of nitriles is 2. The number of aromatic nitrogens is 1. The summed E-state index contributed by atoms with van der Waals surface area (Å²) in [7, 11) is 0. The Labute approximate surface area is 271 Å². The van der Waals surface area contributed by atoms with E-state index in [1.54, 1.807) is 18.2 Å². The molecule has 0 saturated heterocycles. The molecule has 0 fully saturated rings. The van der Waals surface area contributed by atoms with Crippen LogP contribution in [0.15, 0.2) is 152 Å². The van der Waals surface area contributed by atoms with Crippen molar-refractivity contribution in [1.29, 1.82) is 10.5 Å². The van der Waals surface area contributed by atoms with E-state index in [-0.39, 0.29) is 0 Å². The number of para-hydroxylation sites is 1. The molecule has 0 atom stereocenters. The molecule has 9 rings (SSSR count). The molecule has 0 aliphatic carbocycles. The van der Waals surface area contributed by atoms with E-state index in [1.807, 2.05) is 6.07 Å². The molecule has 0 spiro atoms. The van der Waals surface area contributed by atoms with Crippen molar-refractivity contribution >= 4 is 54.1 Å². The fourth-order valence-corrected chi connectivity index (χ4v) is 7.28. The van der Waals surface area contributed by atoms with Gasteiger partial charge in [0.05, 0.1) is 34.3 Å². The monoisotopic (exact) mass is 595 g/mol. The van der Waals surface area contributed by atoms with E-state index in [9.17, 15) is 10.5 Å². The summed E-state index contributed by atoms with van der Waals surface area (Å²) in [5.74, 6) is 0. The van der Waals surface area contributed by atoms with Gasteiger partial charge in [0.15, 0.2) is 0 Å². The van der Waals surface area contributed by atoms with Gasteiger partial charge < -0.3 is 4.57 Å². The summed E-state index contributed by atoms with van der Waals surface area (Å²) in [4.78, 5) is 0. The van der Waals surface area contributed by atoms with Gasteiger partial charge in [0, 0.05) is 22.0 Å². The molecule has 8 aromatic carbocycles. The molecule has 47 heavy (non-hydrogen) atoms. The molecular formula is C44H25N3. The highest BCUT2D eigenvalue weighted by molar-refractivity contribution is 6.18. The lowest BCUT2D eigenvalue weighted by molar-refractivity contribution is 1.19. The molecule has 1 heterocycles. The number of nitrogens with zero attached hydrogens (tertiary/aromatic N) is 3. The quantitative estimate of drug-likeness (QED) is 0.191. The molecule has 3 nitrogen and oxygen atoms in total. The third kappa shape index (κ3) is 4.12. The molecule has 0 N–H and O–H groups in total. The van der Waals surface area contributed by atoms with E-state index in [1.165, 1.54) is 54.5 Å². The number of rotatable bonds is 3. The summed E-state index contributed by atoms with van der Waals surface area (Å²) >= 11 is 0. The molecule has 0 saturated carbocycles. The van der Waals surface area contributed by atoms with Gasteiger partial charge in [0.25, 0.3) is 0 Å². The van der Waals surface area contributed by atoms with E-state index >= 15 is 0 Å². The van der Waals surface area contributed by atoms with Gasteiger partial charge in [-0.1, -0.05) is 103 Å². The topological polar surface area (TPSA) is 52.5 Å². The highest BCUT2D eigenvalue weighted by atomic mass is 15.0. The van der Waals surface area contributed by atoms with Crippen LogP contribution in [0.2, 0.25) is 0 Å². The van der Waals surface area contributed by atoms with E-state index in [0.717, 1.165) is 22.0 Å². The van der Waals surface area contributed by atoms with Crippen molar-refractivity contribution < 1.29 is 0 Å². The van der Waals surface area contributed by atoms with Crippen molar-refractivity contribution in [3.8, 4) is 40.1 Å². The van der Waals surface area contributed by atoms with Crippen molar-refractivity contribution in [3.63, 3.8) is 0 Å². The lowest BCUT2D eigenvalue weighted by Crippen LogP contribution is -1.94. The first kappa shape index (κ1) is 26.7. The Hall–Kier alpha value is -6.68. The van der Waals surface area contributed by atoms with Crippen molar-refractivity contribution in [1.82, 2.24) is 4.57 Å². The highest BCUT2D eigenvalue weighted by Crippen LogP contribution is 2.38. The van der Waals surface area contributed by atoms with Gasteiger partial charge >= 0.3 is 0 Å². The summed E-state index contributed by atoms with van der Waals surface area (Å²) < 4.78 is 2.37. The number of hydrogen-bond acceptors (Lipinski definition) is 2. The first-order chi connectivity index (χ1) is 23.2. The normalized spacial score (nSPS) is 11.4. The largest absolute Gasteiger partial charge is 0.309 e. The Morgan fingerprint density at radius 2 is 1.00 bits per heavy atom. The number of hydrogen-bond donors (Lipinski definition) is 0. The van der Waals surface area contributed by atoms with Gasteiger partial charge in [-0.15, -0.1) is 0 Å². The predicted octanol–water partition coefficient (Wildman–Crippen LogP) is 11.3. The Balaban J connectivity index is 1.19. The molecular weight excluding hydrogens is 571 g/mol. The van der Waals surface area contributed by atoms with Gasteiger partial charge in [-0.2, -0.15) is 10.5 Å². The second-order valence-corrected chi connectivity index (χ2v) is 12.0. The zero-order valence-electron chi connectivity index (χ0n) is 25.3. The van der Waals surface area contributed by atoms with Crippen LogP contribution in [-0.4, -0.2) is 4.57 Å². The van der Waals surface area contributed by atoms with Gasteiger partial charge in [-0.05, 0) is 97.5 Å². The van der Waals surface area contributed by atoms with Crippen molar-refractivity contribution in [2.45, 2.75) is 0 Å². The average Bonchev–Trinajstić information content (AvgIpc) is 3.47. The minimum Gasteiger partial charge on any atom is -0.309 e. The Bertz CT molecular complexity index is 2780. The lowest BCUT2D eigenvalue weighted by Gasteiger charge is -2.13. The average molecular weight is 596 g/mol. The third-order valence-electron chi connectivity index (χ3n) is 9.45. The zero-order valence-corrected chi connectivity index (χ0v) is 25.3. The first-order valence-electron chi connectivity index (χ1n) is 15.6. The predicted molar refractivity (Wildman–Crippen MR) is 194 cm³/mol. The highest BCUT2D eigenvalue weighted by Gasteiger charge is 2.15. The second kappa shape index (κ2) is 10.5. The van der Waals surface area contributed by atoms with Crippen LogP contribution in [0.4, 0.5) is 0 Å². The molecule has 0 aliphatic rings. The molecule has 0 radical (unpaired) electrons. The van der Waals surface area contributed by atoms with Crippen LogP contribution in [-0.2, 0) is 0 Å². The standard InChI is InChI=1S/C44H25N3/c45-26-33-9-6-10-34(27-46)44(33)32-15-18-36-30(23-32)13-19-39-37-21-17-35(24-31(37)14-20-38(36)39)47-42-12-5-4-11-40(42)41-25-29(16-22-43(41)47)28-7-2-1-3-8-28/h1-25H. The van der Waals surface area contributed by atoms with Crippen LogP contribution < -0.4 is 0 Å². The molecule has 3 heteroatoms. The fraction of sp³-hybridized carbons (Fsp3) is 0. The van der Waals surface area contributed by atoms with Gasteiger partial charge in [-0.3, -0.25) is 0 Å². The first-order valence-corrected chi connectivity index (χ1v) is 15.6. The molecule has 0 aliphatic heterocycles. The van der Waals surface area contributed by atoms with Crippen LogP contribution in [0.5, 0.6) is 0 Å². The summed E-state index contributed by atoms with van der Waals surface area (Å²) in [6.07, 6.45) is 0. The fourth-order valence-electron chi connectivity index (χ4n) is 7.28. The zero-order chi connectivity index (χ0) is 31.5. The van der Waals surface area contributed by atoms with Crippen molar-refractivity contribution in [2.75, 3.05) is 0 Å². The minimum atomic E-state index is 0.505. The SMILES string of the molecule is N#Cc1cccc(C#N)c1-c1ccc2c(ccc3c4ccc(-n5c6ccccc6c6cc(-c7ccccc7)ccc65)cc4ccc23)c1. The van der Waals surface area contributed by atoms with E-state index < -0.39 is 0 Å². The number of benzene rings is 8. The van der Waals surface area contributed by atoms with Crippen LogP contribution in [0, 0.1) is 22.7 Å². The maximum atomic E-state index is 9.73. The molecule has 0 unspecified atom stereocenters. The molecule has 1 aromatic heterocycles. The minimum absolute atomic E-state index is 0.505. The van der Waals surface area contributed by atoms with Crippen LogP contribution >= 0.6 is 0 Å². The Morgan fingerprint density at radius 1 is 0.383 bits per heavy atom. The molecule has 0 bridgehead atoms. The van der Waals surface area contributed by atoms with Gasteiger partial charge in [-0.25, -0.2) is 0 Å². The third-order valence-corrected chi connectivity index (χ3v) is 9.45. The molecule has 0 amide bonds. The lowest BCUT2D eigenvalue weighted by atomic mass is 9.91. The van der Waals surface area contributed by atoms with Crippen LogP contribution in [0.25, 0.3) is 82.1 Å². The maximum Gasteiger partial charge on any atom is 0.0998 e. The van der Waals surface area contributed by atoms with E-state index in [4.69, 9.17) is 0 Å². The van der Waals surface area contributed by atoms with Crippen LogP contribution in [0.3, 0.4) is 0 Å². The smallest absolute Gasteiger partial charge is 0.0998 e. The Morgan fingerprint density at radius 3 is 1.74 bits per heavy atom. The van der Waals surface area contributed by atoms with E-state index in [0.29, 0.717) is 16.7 Å². The molecule has 216 valence electrons. The molecule has 9 aromatic rings.